The van der Waals surface area contributed by atoms with E-state index in [1.165, 1.54) is 9.88 Å². The molecule has 6 heteroatoms. The summed E-state index contributed by atoms with van der Waals surface area (Å²) in [5, 5.41) is 0.239. The summed E-state index contributed by atoms with van der Waals surface area (Å²) in [7, 11) is -3.55. The first-order valence-electron chi connectivity index (χ1n) is 6.09. The molecule has 0 spiro atoms. The Morgan fingerprint density at radius 3 is 2.74 bits per heavy atom. The maximum Gasteiger partial charge on any atom is 0.244 e. The number of sulfonamides is 1. The molecular formula is C13H17ClN2O2S. The largest absolute Gasteiger partial charge is 0.326 e. The summed E-state index contributed by atoms with van der Waals surface area (Å²) in [6.45, 7) is 3.19. The normalized spacial score (nSPS) is 17.3. The van der Waals surface area contributed by atoms with Gasteiger partial charge in [0.15, 0.2) is 0 Å². The monoisotopic (exact) mass is 300 g/mol. The lowest BCUT2D eigenvalue weighted by atomic mass is 10.1. The van der Waals surface area contributed by atoms with Gasteiger partial charge in [-0.05, 0) is 31.0 Å². The summed E-state index contributed by atoms with van der Waals surface area (Å²) >= 11 is 6.02. The van der Waals surface area contributed by atoms with Crippen molar-refractivity contribution >= 4 is 21.6 Å². The molecule has 2 N–H and O–H groups in total. The first-order chi connectivity index (χ1) is 8.95. The van der Waals surface area contributed by atoms with Crippen LogP contribution in [0, 0.1) is 0 Å². The van der Waals surface area contributed by atoms with Crippen molar-refractivity contribution in [2.45, 2.75) is 24.8 Å². The summed E-state index contributed by atoms with van der Waals surface area (Å²) in [5.74, 6) is 0. The number of nitrogens with two attached hydrogens (primary N) is 1. The highest BCUT2D eigenvalue weighted by molar-refractivity contribution is 7.89. The topological polar surface area (TPSA) is 63.4 Å². The van der Waals surface area contributed by atoms with Crippen molar-refractivity contribution in [3.8, 4) is 0 Å². The molecule has 19 heavy (non-hydrogen) atoms. The van der Waals surface area contributed by atoms with Gasteiger partial charge in [0.1, 0.15) is 4.90 Å². The third-order valence-corrected chi connectivity index (χ3v) is 5.59. The van der Waals surface area contributed by atoms with E-state index in [9.17, 15) is 8.42 Å². The van der Waals surface area contributed by atoms with E-state index in [1.807, 2.05) is 13.0 Å². The summed E-state index contributed by atoms with van der Waals surface area (Å²) in [4.78, 5) is 0.144. The van der Waals surface area contributed by atoms with Gasteiger partial charge in [-0.15, -0.1) is 0 Å². The van der Waals surface area contributed by atoms with Crippen LogP contribution in [0.3, 0.4) is 0 Å². The Kier molecular flexibility index (Phi) is 4.30. The minimum atomic E-state index is -3.55. The van der Waals surface area contributed by atoms with E-state index in [2.05, 4.69) is 0 Å². The van der Waals surface area contributed by atoms with Gasteiger partial charge in [-0.2, -0.15) is 4.31 Å². The Hall–Kier alpha value is -0.880. The number of rotatable bonds is 3. The van der Waals surface area contributed by atoms with Crippen molar-refractivity contribution in [1.82, 2.24) is 4.31 Å². The minimum absolute atomic E-state index is 0.144. The molecule has 1 heterocycles. The summed E-state index contributed by atoms with van der Waals surface area (Å²) < 4.78 is 26.6. The molecule has 0 atom stereocenters. The smallest absolute Gasteiger partial charge is 0.244 e. The number of hydrogen-bond donors (Lipinski definition) is 1. The third kappa shape index (κ3) is 3.00. The standard InChI is InChI=1S/C13H17ClN2O2S/c1-10-4-6-16(7-5-10)19(17,18)13-8-11(9-15)2-3-12(13)14/h2-4,8H,5-7,9,15H2,1H3. The van der Waals surface area contributed by atoms with Gasteiger partial charge in [0.25, 0.3) is 0 Å². The van der Waals surface area contributed by atoms with E-state index in [1.54, 1.807) is 18.2 Å². The maximum absolute atomic E-state index is 12.6. The minimum Gasteiger partial charge on any atom is -0.326 e. The second-order valence-corrected chi connectivity index (χ2v) is 6.95. The summed E-state index contributed by atoms with van der Waals surface area (Å²) in [6.07, 6.45) is 2.69. The Morgan fingerprint density at radius 2 is 2.16 bits per heavy atom. The molecule has 4 nitrogen and oxygen atoms in total. The zero-order valence-electron chi connectivity index (χ0n) is 10.8. The van der Waals surface area contributed by atoms with Crippen LogP contribution >= 0.6 is 11.6 Å². The van der Waals surface area contributed by atoms with Crippen molar-refractivity contribution < 1.29 is 8.42 Å². The van der Waals surface area contributed by atoms with Crippen molar-refractivity contribution in [2.75, 3.05) is 13.1 Å². The quantitative estimate of drug-likeness (QED) is 0.870. The highest BCUT2D eigenvalue weighted by Crippen LogP contribution is 2.27. The van der Waals surface area contributed by atoms with Gasteiger partial charge in [-0.25, -0.2) is 8.42 Å². The predicted octanol–water partition coefficient (Wildman–Crippen LogP) is 2.14. The zero-order chi connectivity index (χ0) is 14.0. The Balaban J connectivity index is 2.39. The fourth-order valence-corrected chi connectivity index (χ4v) is 3.89. The van der Waals surface area contributed by atoms with Crippen molar-refractivity contribution in [1.29, 1.82) is 0 Å². The molecule has 0 radical (unpaired) electrons. The lowest BCUT2D eigenvalue weighted by molar-refractivity contribution is 0.431. The van der Waals surface area contributed by atoms with E-state index >= 15 is 0 Å². The second-order valence-electron chi connectivity index (χ2n) is 4.63. The van der Waals surface area contributed by atoms with E-state index in [4.69, 9.17) is 17.3 Å². The van der Waals surface area contributed by atoms with Gasteiger partial charge in [-0.3, -0.25) is 0 Å². The Labute approximate surface area is 118 Å². The summed E-state index contributed by atoms with van der Waals surface area (Å²) in [5.41, 5.74) is 7.52. The van der Waals surface area contributed by atoms with E-state index in [-0.39, 0.29) is 9.92 Å². The zero-order valence-corrected chi connectivity index (χ0v) is 12.3. The molecule has 1 aliphatic heterocycles. The number of hydrogen-bond acceptors (Lipinski definition) is 3. The molecule has 0 fully saturated rings. The molecule has 0 aliphatic carbocycles. The van der Waals surface area contributed by atoms with Gasteiger partial charge < -0.3 is 5.73 Å². The average Bonchev–Trinajstić information content (AvgIpc) is 2.39. The van der Waals surface area contributed by atoms with Gasteiger partial charge in [0, 0.05) is 19.6 Å². The predicted molar refractivity (Wildman–Crippen MR) is 76.5 cm³/mol. The van der Waals surface area contributed by atoms with Crippen LogP contribution in [-0.2, 0) is 16.6 Å². The van der Waals surface area contributed by atoms with Crippen molar-refractivity contribution in [3.05, 3.63) is 40.4 Å². The first-order valence-corrected chi connectivity index (χ1v) is 7.91. The highest BCUT2D eigenvalue weighted by Gasteiger charge is 2.27. The van der Waals surface area contributed by atoms with Crippen LogP contribution in [0.2, 0.25) is 5.02 Å². The van der Waals surface area contributed by atoms with Gasteiger partial charge in [0.05, 0.1) is 5.02 Å². The number of halogens is 1. The fourth-order valence-electron chi connectivity index (χ4n) is 1.98. The SMILES string of the molecule is CC1=CCN(S(=O)(=O)c2cc(CN)ccc2Cl)CC1. The van der Waals surface area contributed by atoms with Crippen LogP contribution in [0.4, 0.5) is 0 Å². The fraction of sp³-hybridized carbons (Fsp3) is 0.385. The average molecular weight is 301 g/mol. The molecule has 0 unspecified atom stereocenters. The third-order valence-electron chi connectivity index (χ3n) is 3.25. The molecular weight excluding hydrogens is 284 g/mol. The van der Waals surface area contributed by atoms with Crippen LogP contribution in [0.5, 0.6) is 0 Å². The molecule has 2 rings (SSSR count). The lowest BCUT2D eigenvalue weighted by Crippen LogP contribution is -2.34. The maximum atomic E-state index is 12.6. The van der Waals surface area contributed by atoms with Crippen LogP contribution in [0.1, 0.15) is 18.9 Å². The molecule has 1 aromatic rings. The van der Waals surface area contributed by atoms with Crippen LogP contribution < -0.4 is 5.73 Å². The van der Waals surface area contributed by atoms with Gasteiger partial charge >= 0.3 is 0 Å². The second kappa shape index (κ2) is 5.63. The Bertz CT molecular complexity index is 611. The van der Waals surface area contributed by atoms with Crippen LogP contribution in [-0.4, -0.2) is 25.8 Å². The number of nitrogens with zero attached hydrogens (tertiary/aromatic N) is 1. The van der Waals surface area contributed by atoms with E-state index < -0.39 is 10.0 Å². The lowest BCUT2D eigenvalue weighted by Gasteiger charge is -2.25. The molecule has 104 valence electrons. The Morgan fingerprint density at radius 1 is 1.42 bits per heavy atom. The van der Waals surface area contributed by atoms with Crippen molar-refractivity contribution in [2.24, 2.45) is 5.73 Å². The molecule has 1 aromatic carbocycles. The highest BCUT2D eigenvalue weighted by atomic mass is 35.5. The molecule has 0 saturated carbocycles. The van der Waals surface area contributed by atoms with Gasteiger partial charge in [0.2, 0.25) is 10.0 Å². The van der Waals surface area contributed by atoms with E-state index in [0.717, 1.165) is 12.0 Å². The van der Waals surface area contributed by atoms with Crippen LogP contribution in [0.15, 0.2) is 34.7 Å². The van der Waals surface area contributed by atoms with Crippen LogP contribution in [0.25, 0.3) is 0 Å². The van der Waals surface area contributed by atoms with Crippen molar-refractivity contribution in [3.63, 3.8) is 0 Å². The molecule has 0 saturated heterocycles. The molecule has 0 bridgehead atoms. The summed E-state index contributed by atoms with van der Waals surface area (Å²) in [6, 6.07) is 4.88. The molecule has 0 amide bonds. The molecule has 0 aromatic heterocycles. The molecule has 1 aliphatic rings. The van der Waals surface area contributed by atoms with E-state index in [0.29, 0.717) is 19.6 Å². The van der Waals surface area contributed by atoms with Gasteiger partial charge in [-0.1, -0.05) is 29.3 Å². The number of benzene rings is 1. The first kappa shape index (κ1) is 14.5.